The minimum Gasteiger partial charge on any atom is -0.398 e. The van der Waals surface area contributed by atoms with Crippen molar-refractivity contribution in [2.45, 2.75) is 4.90 Å². The molecule has 2 aromatic rings. The molecule has 7 heteroatoms. The van der Waals surface area contributed by atoms with Crippen molar-refractivity contribution in [1.82, 2.24) is 0 Å². The Morgan fingerprint density at radius 2 is 2.00 bits per heavy atom. The summed E-state index contributed by atoms with van der Waals surface area (Å²) in [4.78, 5) is 12.0. The van der Waals surface area contributed by atoms with Crippen LogP contribution in [0.4, 0.5) is 15.8 Å². The van der Waals surface area contributed by atoms with Gasteiger partial charge in [0.05, 0.1) is 21.4 Å². The molecule has 3 N–H and O–H groups in total. The first-order valence-corrected chi connectivity index (χ1v) is 8.06. The second-order valence-electron chi connectivity index (χ2n) is 4.20. The summed E-state index contributed by atoms with van der Waals surface area (Å²) in [6, 6.07) is 10.6. The molecule has 0 heterocycles. The van der Waals surface area contributed by atoms with Gasteiger partial charge in [-0.1, -0.05) is 12.1 Å². The summed E-state index contributed by atoms with van der Waals surface area (Å²) in [5.74, 6) is -1.28. The van der Waals surface area contributed by atoms with Crippen LogP contribution >= 0.6 is 15.9 Å². The molecule has 0 aromatic heterocycles. The number of amides is 1. The van der Waals surface area contributed by atoms with Crippen LogP contribution in [-0.2, 0) is 15.6 Å². The van der Waals surface area contributed by atoms with Crippen molar-refractivity contribution < 1.29 is 13.4 Å². The van der Waals surface area contributed by atoms with Crippen LogP contribution in [0.2, 0.25) is 0 Å². The molecule has 0 spiro atoms. The van der Waals surface area contributed by atoms with Gasteiger partial charge < -0.3 is 11.1 Å². The summed E-state index contributed by atoms with van der Waals surface area (Å²) in [6.07, 6.45) is 0. The number of rotatable bonds is 4. The molecule has 2 aromatic carbocycles. The van der Waals surface area contributed by atoms with Gasteiger partial charge in [-0.05, 0) is 46.3 Å². The lowest BCUT2D eigenvalue weighted by Crippen LogP contribution is -2.20. The van der Waals surface area contributed by atoms with Crippen molar-refractivity contribution in [3.05, 3.63) is 52.8 Å². The van der Waals surface area contributed by atoms with Gasteiger partial charge in [0.2, 0.25) is 5.91 Å². The van der Waals surface area contributed by atoms with Gasteiger partial charge in [0.25, 0.3) is 0 Å². The van der Waals surface area contributed by atoms with Crippen LogP contribution < -0.4 is 11.1 Å². The molecule has 4 nitrogen and oxygen atoms in total. The van der Waals surface area contributed by atoms with Crippen molar-refractivity contribution in [2.75, 3.05) is 16.8 Å². The molecule has 0 fully saturated rings. The number of anilines is 2. The van der Waals surface area contributed by atoms with E-state index in [0.29, 0.717) is 5.69 Å². The zero-order valence-electron chi connectivity index (χ0n) is 10.8. The molecule has 110 valence electrons. The fraction of sp³-hybridized carbons (Fsp3) is 0.0714. The van der Waals surface area contributed by atoms with Gasteiger partial charge in [-0.25, -0.2) is 4.39 Å². The number of hydrogen-bond acceptors (Lipinski definition) is 3. The minimum absolute atomic E-state index is 0.122. The van der Waals surface area contributed by atoms with E-state index in [1.165, 1.54) is 12.1 Å². The zero-order chi connectivity index (χ0) is 15.4. The molecule has 1 unspecified atom stereocenters. The Hall–Kier alpha value is -1.73. The first kappa shape index (κ1) is 15.7. The summed E-state index contributed by atoms with van der Waals surface area (Å²) in [5, 5.41) is 2.63. The maximum Gasteiger partial charge on any atom is 0.237 e. The van der Waals surface area contributed by atoms with Gasteiger partial charge in [-0.2, -0.15) is 0 Å². The van der Waals surface area contributed by atoms with Crippen LogP contribution in [0.5, 0.6) is 0 Å². The highest BCUT2D eigenvalue weighted by Crippen LogP contribution is 2.22. The van der Waals surface area contributed by atoms with E-state index in [-0.39, 0.29) is 16.3 Å². The third-order valence-electron chi connectivity index (χ3n) is 2.63. The molecular weight excluding hydrogens is 359 g/mol. The lowest BCUT2D eigenvalue weighted by molar-refractivity contribution is -0.113. The Labute approximate surface area is 132 Å². The monoisotopic (exact) mass is 370 g/mol. The molecule has 0 bridgehead atoms. The average molecular weight is 371 g/mol. The first-order valence-electron chi connectivity index (χ1n) is 5.95. The average Bonchev–Trinajstić information content (AvgIpc) is 2.44. The van der Waals surface area contributed by atoms with Gasteiger partial charge in [-0.3, -0.25) is 9.00 Å². The lowest BCUT2D eigenvalue weighted by atomic mass is 10.3. The topological polar surface area (TPSA) is 72.2 Å². The minimum atomic E-state index is -1.71. The molecule has 21 heavy (non-hydrogen) atoms. The largest absolute Gasteiger partial charge is 0.398 e. The van der Waals surface area contributed by atoms with Crippen LogP contribution in [-0.4, -0.2) is 15.9 Å². The number of nitrogens with two attached hydrogens (primary N) is 1. The number of nitrogen functional groups attached to an aromatic ring is 1. The molecule has 0 saturated heterocycles. The Morgan fingerprint density at radius 1 is 1.29 bits per heavy atom. The normalized spacial score (nSPS) is 11.9. The molecule has 0 radical (unpaired) electrons. The van der Waals surface area contributed by atoms with Gasteiger partial charge in [-0.15, -0.1) is 0 Å². The van der Waals surface area contributed by atoms with E-state index < -0.39 is 22.5 Å². The zero-order valence-corrected chi connectivity index (χ0v) is 13.2. The van der Waals surface area contributed by atoms with E-state index in [9.17, 15) is 13.4 Å². The number of carbonyl (C=O) groups is 1. The second-order valence-corrected chi connectivity index (χ2v) is 6.47. The summed E-state index contributed by atoms with van der Waals surface area (Å²) >= 11 is 3.30. The fourth-order valence-corrected chi connectivity index (χ4v) is 3.08. The van der Waals surface area contributed by atoms with Gasteiger partial charge >= 0.3 is 0 Å². The SMILES string of the molecule is Nc1ccc(F)cc1S(=O)CC(=O)Nc1ccccc1Br. The second kappa shape index (κ2) is 6.82. The van der Waals surface area contributed by atoms with Crippen LogP contribution in [0.15, 0.2) is 51.8 Å². The molecule has 0 aliphatic rings. The smallest absolute Gasteiger partial charge is 0.237 e. The molecule has 0 aliphatic carbocycles. The van der Waals surface area contributed by atoms with E-state index >= 15 is 0 Å². The number of carbonyl (C=O) groups excluding carboxylic acids is 1. The predicted molar refractivity (Wildman–Crippen MR) is 84.9 cm³/mol. The van der Waals surface area contributed by atoms with Crippen molar-refractivity contribution >= 4 is 44.0 Å². The number of halogens is 2. The number of para-hydroxylation sites is 1. The quantitative estimate of drug-likeness (QED) is 0.812. The van der Waals surface area contributed by atoms with Crippen LogP contribution in [0.1, 0.15) is 0 Å². The van der Waals surface area contributed by atoms with Gasteiger partial charge in [0.1, 0.15) is 11.6 Å². The number of nitrogens with one attached hydrogen (secondary N) is 1. The summed E-state index contributed by atoms with van der Waals surface area (Å²) in [5.41, 5.74) is 6.42. The van der Waals surface area contributed by atoms with E-state index in [4.69, 9.17) is 5.73 Å². The molecule has 2 rings (SSSR count). The van der Waals surface area contributed by atoms with Gasteiger partial charge in [0.15, 0.2) is 0 Å². The van der Waals surface area contributed by atoms with Crippen molar-refractivity contribution in [1.29, 1.82) is 0 Å². The molecular formula is C14H12BrFN2O2S. The third kappa shape index (κ3) is 4.12. The van der Waals surface area contributed by atoms with Crippen molar-refractivity contribution in [3.8, 4) is 0 Å². The highest BCUT2D eigenvalue weighted by molar-refractivity contribution is 9.10. The summed E-state index contributed by atoms with van der Waals surface area (Å²) < 4.78 is 26.0. The fourth-order valence-electron chi connectivity index (χ4n) is 1.65. The lowest BCUT2D eigenvalue weighted by Gasteiger charge is -2.08. The number of hydrogen-bond donors (Lipinski definition) is 2. The van der Waals surface area contributed by atoms with Crippen LogP contribution in [0.3, 0.4) is 0 Å². The van der Waals surface area contributed by atoms with E-state index in [1.54, 1.807) is 18.2 Å². The Balaban J connectivity index is 2.08. The highest BCUT2D eigenvalue weighted by Gasteiger charge is 2.14. The van der Waals surface area contributed by atoms with E-state index in [2.05, 4.69) is 21.2 Å². The van der Waals surface area contributed by atoms with E-state index in [1.807, 2.05) is 6.07 Å². The maximum absolute atomic E-state index is 13.1. The Bertz CT molecular complexity index is 709. The number of benzene rings is 2. The first-order chi connectivity index (χ1) is 9.97. The Morgan fingerprint density at radius 3 is 2.71 bits per heavy atom. The third-order valence-corrected chi connectivity index (χ3v) is 4.69. The standard InChI is InChI=1S/C14H12BrFN2O2S/c15-10-3-1-2-4-12(10)18-14(19)8-21(20)13-7-9(16)5-6-11(13)17/h1-7H,8,17H2,(H,18,19). The molecule has 0 saturated carbocycles. The van der Waals surface area contributed by atoms with Gasteiger partial charge in [0, 0.05) is 10.2 Å². The Kier molecular flexibility index (Phi) is 5.08. The summed E-state index contributed by atoms with van der Waals surface area (Å²) in [6.45, 7) is 0. The van der Waals surface area contributed by atoms with Crippen LogP contribution in [0.25, 0.3) is 0 Å². The van der Waals surface area contributed by atoms with E-state index in [0.717, 1.165) is 10.5 Å². The van der Waals surface area contributed by atoms with Crippen molar-refractivity contribution in [2.24, 2.45) is 0 Å². The summed E-state index contributed by atoms with van der Waals surface area (Å²) in [7, 11) is -1.71. The maximum atomic E-state index is 13.1. The highest BCUT2D eigenvalue weighted by atomic mass is 79.9. The van der Waals surface area contributed by atoms with Crippen molar-refractivity contribution in [3.63, 3.8) is 0 Å². The molecule has 1 atom stereocenters. The predicted octanol–water partition coefficient (Wildman–Crippen LogP) is 2.92. The van der Waals surface area contributed by atoms with Crippen LogP contribution in [0, 0.1) is 5.82 Å². The molecule has 0 aliphatic heterocycles. The molecule has 1 amide bonds.